The molecule has 1 rings (SSSR count). The number of hydrogen-bond donors (Lipinski definition) is 1. The predicted octanol–water partition coefficient (Wildman–Crippen LogP) is 4.20. The minimum atomic E-state index is 0.291. The Morgan fingerprint density at radius 3 is 2.65 bits per heavy atom. The first-order valence-corrected chi connectivity index (χ1v) is 6.31. The van der Waals surface area contributed by atoms with E-state index in [1.807, 2.05) is 6.07 Å². The molecule has 0 fully saturated rings. The van der Waals surface area contributed by atoms with E-state index in [2.05, 4.69) is 49.4 Å². The Morgan fingerprint density at radius 1 is 1.18 bits per heavy atom. The van der Waals surface area contributed by atoms with E-state index in [1.165, 1.54) is 11.1 Å². The molecule has 1 N–H and O–H groups in total. The number of rotatable bonds is 7. The molecular formula is C16H22O. The standard InChI is InChI=1S/C16H22O/c1-15(10-8-14-17)9-4-2-5-11-16-12-6-3-7-13-16/h3,5-7,9,11-13,17H,2,4,8,10,14H2,1H3/b11-5+,15-9+. The van der Waals surface area contributed by atoms with E-state index in [1.54, 1.807) is 0 Å². The fraction of sp³-hybridized carbons (Fsp3) is 0.375. The third kappa shape index (κ3) is 6.75. The topological polar surface area (TPSA) is 20.2 Å². The van der Waals surface area contributed by atoms with E-state index in [-0.39, 0.29) is 0 Å². The van der Waals surface area contributed by atoms with Crippen LogP contribution < -0.4 is 0 Å². The van der Waals surface area contributed by atoms with Crippen molar-refractivity contribution in [1.29, 1.82) is 0 Å². The molecule has 0 heterocycles. The zero-order chi connectivity index (χ0) is 12.3. The Labute approximate surface area is 104 Å². The largest absolute Gasteiger partial charge is 0.396 e. The van der Waals surface area contributed by atoms with Crippen LogP contribution in [0.25, 0.3) is 6.08 Å². The van der Waals surface area contributed by atoms with Crippen LogP contribution in [0.4, 0.5) is 0 Å². The van der Waals surface area contributed by atoms with Gasteiger partial charge < -0.3 is 5.11 Å². The summed E-state index contributed by atoms with van der Waals surface area (Å²) in [7, 11) is 0. The summed E-state index contributed by atoms with van der Waals surface area (Å²) in [5.74, 6) is 0. The molecule has 1 aromatic carbocycles. The molecule has 0 atom stereocenters. The summed E-state index contributed by atoms with van der Waals surface area (Å²) in [5, 5.41) is 8.71. The van der Waals surface area contributed by atoms with Gasteiger partial charge in [0.15, 0.2) is 0 Å². The van der Waals surface area contributed by atoms with Crippen LogP contribution in [-0.2, 0) is 0 Å². The van der Waals surface area contributed by atoms with E-state index in [9.17, 15) is 0 Å². The van der Waals surface area contributed by atoms with E-state index in [0.717, 1.165) is 25.7 Å². The number of aliphatic hydroxyl groups excluding tert-OH is 1. The van der Waals surface area contributed by atoms with Crippen LogP contribution in [0, 0.1) is 0 Å². The molecule has 0 radical (unpaired) electrons. The van der Waals surface area contributed by atoms with Crippen LogP contribution in [-0.4, -0.2) is 11.7 Å². The molecule has 0 aromatic heterocycles. The lowest BCUT2D eigenvalue weighted by Gasteiger charge is -1.98. The lowest BCUT2D eigenvalue weighted by Crippen LogP contribution is -1.83. The van der Waals surface area contributed by atoms with Gasteiger partial charge in [0.25, 0.3) is 0 Å². The predicted molar refractivity (Wildman–Crippen MR) is 74.8 cm³/mol. The van der Waals surface area contributed by atoms with Gasteiger partial charge in [0, 0.05) is 6.61 Å². The van der Waals surface area contributed by atoms with Crippen molar-refractivity contribution >= 4 is 6.08 Å². The van der Waals surface area contributed by atoms with Gasteiger partial charge in [-0.15, -0.1) is 0 Å². The zero-order valence-electron chi connectivity index (χ0n) is 10.6. The van der Waals surface area contributed by atoms with Crippen LogP contribution >= 0.6 is 0 Å². The summed E-state index contributed by atoms with van der Waals surface area (Å²) < 4.78 is 0. The van der Waals surface area contributed by atoms with Crippen LogP contribution in [0.15, 0.2) is 48.1 Å². The van der Waals surface area contributed by atoms with Crippen molar-refractivity contribution in [2.24, 2.45) is 0 Å². The van der Waals surface area contributed by atoms with Gasteiger partial charge in [-0.25, -0.2) is 0 Å². The Hall–Kier alpha value is -1.34. The Morgan fingerprint density at radius 2 is 1.94 bits per heavy atom. The van der Waals surface area contributed by atoms with Crippen molar-refractivity contribution in [3.63, 3.8) is 0 Å². The highest BCUT2D eigenvalue weighted by Crippen LogP contribution is 2.07. The lowest BCUT2D eigenvalue weighted by molar-refractivity contribution is 0.288. The summed E-state index contributed by atoms with van der Waals surface area (Å²) in [4.78, 5) is 0. The van der Waals surface area contributed by atoms with Gasteiger partial charge in [-0.05, 0) is 38.2 Å². The normalized spacial score (nSPS) is 12.2. The van der Waals surface area contributed by atoms with E-state index in [4.69, 9.17) is 5.11 Å². The molecule has 1 nitrogen and oxygen atoms in total. The van der Waals surface area contributed by atoms with Crippen LogP contribution in [0.5, 0.6) is 0 Å². The maximum Gasteiger partial charge on any atom is 0.0434 e. The Bertz CT molecular complexity index is 349. The summed E-state index contributed by atoms with van der Waals surface area (Å²) in [6, 6.07) is 10.4. The molecular weight excluding hydrogens is 208 g/mol. The van der Waals surface area contributed by atoms with Gasteiger partial charge in [0.1, 0.15) is 0 Å². The molecule has 17 heavy (non-hydrogen) atoms. The van der Waals surface area contributed by atoms with Crippen molar-refractivity contribution in [1.82, 2.24) is 0 Å². The second kappa shape index (κ2) is 8.77. The molecule has 0 saturated heterocycles. The average molecular weight is 230 g/mol. The Kier molecular flexibility index (Phi) is 7.08. The molecule has 0 unspecified atom stereocenters. The maximum absolute atomic E-state index is 8.71. The molecule has 0 aliphatic rings. The summed E-state index contributed by atoms with van der Waals surface area (Å²) in [6.45, 7) is 2.43. The fourth-order valence-corrected chi connectivity index (χ4v) is 1.67. The number of benzene rings is 1. The van der Waals surface area contributed by atoms with Crippen molar-refractivity contribution < 1.29 is 5.11 Å². The highest BCUT2D eigenvalue weighted by atomic mass is 16.2. The molecule has 1 aromatic rings. The van der Waals surface area contributed by atoms with Crippen LogP contribution in [0.1, 0.15) is 38.2 Å². The fourth-order valence-electron chi connectivity index (χ4n) is 1.67. The Balaban J connectivity index is 2.22. The molecule has 0 spiro atoms. The third-order valence-electron chi connectivity index (χ3n) is 2.67. The van der Waals surface area contributed by atoms with E-state index < -0.39 is 0 Å². The van der Waals surface area contributed by atoms with Gasteiger partial charge in [0.05, 0.1) is 0 Å². The number of unbranched alkanes of at least 4 members (excludes halogenated alkanes) is 1. The van der Waals surface area contributed by atoms with Gasteiger partial charge in [-0.1, -0.05) is 54.1 Å². The summed E-state index contributed by atoms with van der Waals surface area (Å²) >= 11 is 0. The molecule has 1 heteroatoms. The summed E-state index contributed by atoms with van der Waals surface area (Å²) in [5.41, 5.74) is 2.64. The minimum absolute atomic E-state index is 0.291. The molecule has 92 valence electrons. The monoisotopic (exact) mass is 230 g/mol. The molecule has 0 bridgehead atoms. The quantitative estimate of drug-likeness (QED) is 0.550. The maximum atomic E-state index is 8.71. The second-order valence-corrected chi connectivity index (χ2v) is 4.27. The number of allylic oxidation sites excluding steroid dienone is 3. The smallest absolute Gasteiger partial charge is 0.0434 e. The molecule has 0 aliphatic heterocycles. The van der Waals surface area contributed by atoms with Crippen molar-refractivity contribution in [2.45, 2.75) is 32.6 Å². The first kappa shape index (κ1) is 13.7. The van der Waals surface area contributed by atoms with Crippen molar-refractivity contribution in [3.8, 4) is 0 Å². The first-order chi connectivity index (χ1) is 8.33. The van der Waals surface area contributed by atoms with Crippen molar-refractivity contribution in [3.05, 3.63) is 53.6 Å². The molecule has 0 amide bonds. The number of hydrogen-bond acceptors (Lipinski definition) is 1. The highest BCUT2D eigenvalue weighted by Gasteiger charge is 1.89. The lowest BCUT2D eigenvalue weighted by atomic mass is 10.1. The number of aliphatic hydroxyl groups is 1. The van der Waals surface area contributed by atoms with Crippen molar-refractivity contribution in [2.75, 3.05) is 6.61 Å². The first-order valence-electron chi connectivity index (χ1n) is 6.31. The van der Waals surface area contributed by atoms with E-state index >= 15 is 0 Å². The highest BCUT2D eigenvalue weighted by molar-refractivity contribution is 5.48. The average Bonchev–Trinajstić information content (AvgIpc) is 2.37. The van der Waals surface area contributed by atoms with Gasteiger partial charge >= 0.3 is 0 Å². The SMILES string of the molecule is C/C(=C\CC/C=C/c1ccccc1)CCCO. The zero-order valence-corrected chi connectivity index (χ0v) is 10.6. The third-order valence-corrected chi connectivity index (χ3v) is 2.67. The van der Waals surface area contributed by atoms with Gasteiger partial charge in [0.2, 0.25) is 0 Å². The second-order valence-electron chi connectivity index (χ2n) is 4.27. The van der Waals surface area contributed by atoms with Gasteiger partial charge in [-0.3, -0.25) is 0 Å². The van der Waals surface area contributed by atoms with Crippen LogP contribution in [0.3, 0.4) is 0 Å². The molecule has 0 aliphatic carbocycles. The minimum Gasteiger partial charge on any atom is -0.396 e. The van der Waals surface area contributed by atoms with Crippen LogP contribution in [0.2, 0.25) is 0 Å². The molecule has 0 saturated carbocycles. The van der Waals surface area contributed by atoms with Gasteiger partial charge in [-0.2, -0.15) is 0 Å². The summed E-state index contributed by atoms with van der Waals surface area (Å²) in [6.07, 6.45) is 10.7. The van der Waals surface area contributed by atoms with E-state index in [0.29, 0.717) is 6.61 Å².